The number of β-amino-alcohol motifs (C(OH)–C–C–N with tert-alkyl or cyclic N) is 1. The monoisotopic (exact) mass is 504 g/mol. The van der Waals surface area contributed by atoms with Crippen molar-refractivity contribution in [3.8, 4) is 29.4 Å². The van der Waals surface area contributed by atoms with E-state index in [9.17, 15) is 10.4 Å². The van der Waals surface area contributed by atoms with Gasteiger partial charge in [-0.25, -0.2) is 0 Å². The normalized spacial score (nSPS) is 21.0. The fraction of sp³-hybridized carbons (Fsp3) is 0.517. The molecule has 2 aromatic rings. The van der Waals surface area contributed by atoms with Gasteiger partial charge in [0.15, 0.2) is 11.5 Å². The molecule has 8 heteroatoms. The number of benzene rings is 2. The third kappa shape index (κ3) is 6.72. The Hall–Kier alpha value is -3.30. The number of fused-ring (bicyclic) bond motifs is 2. The highest BCUT2D eigenvalue weighted by atomic mass is 16.5. The first-order chi connectivity index (χ1) is 18.0. The van der Waals surface area contributed by atoms with Gasteiger partial charge in [-0.1, -0.05) is 12.1 Å². The fourth-order valence-electron chi connectivity index (χ4n) is 5.64. The van der Waals surface area contributed by atoms with E-state index in [4.69, 9.17) is 19.5 Å². The van der Waals surface area contributed by atoms with Crippen LogP contribution in [0, 0.1) is 22.7 Å². The predicted molar refractivity (Wildman–Crippen MR) is 139 cm³/mol. The summed E-state index contributed by atoms with van der Waals surface area (Å²) in [6, 6.07) is 18.4. The number of nitriles is 2. The van der Waals surface area contributed by atoms with Crippen LogP contribution in [0.3, 0.4) is 0 Å². The zero-order valence-electron chi connectivity index (χ0n) is 21.7. The minimum absolute atomic E-state index is 0.161. The van der Waals surface area contributed by atoms with Crippen LogP contribution in [0.15, 0.2) is 42.5 Å². The maximum Gasteiger partial charge on any atom is 0.164 e. The molecule has 0 radical (unpaired) electrons. The van der Waals surface area contributed by atoms with Crippen molar-refractivity contribution in [1.29, 1.82) is 10.5 Å². The Kier molecular flexibility index (Phi) is 9.24. The number of nitrogens with zero attached hydrogens (tertiary/aromatic N) is 4. The predicted octanol–water partition coefficient (Wildman–Crippen LogP) is 3.90. The topological polar surface area (TPSA) is 102 Å². The Labute approximate surface area is 219 Å². The third-order valence-electron chi connectivity index (χ3n) is 7.43. The quantitative estimate of drug-likeness (QED) is 0.464. The van der Waals surface area contributed by atoms with E-state index in [2.05, 4.69) is 21.9 Å². The number of hydrogen-bond acceptors (Lipinski definition) is 8. The number of aliphatic hydroxyl groups excluding tert-OH is 1. The molecule has 2 aliphatic rings. The number of hydrogen-bond donors (Lipinski definition) is 1. The van der Waals surface area contributed by atoms with Gasteiger partial charge in [0.1, 0.15) is 11.9 Å². The van der Waals surface area contributed by atoms with E-state index in [1.807, 2.05) is 42.5 Å². The van der Waals surface area contributed by atoms with Crippen molar-refractivity contribution in [2.75, 3.05) is 40.4 Å². The van der Waals surface area contributed by atoms with E-state index < -0.39 is 6.10 Å². The number of likely N-dealkylation sites (tertiary alicyclic amines) is 1. The van der Waals surface area contributed by atoms with E-state index >= 15 is 0 Å². The maximum absolute atomic E-state index is 10.1. The van der Waals surface area contributed by atoms with E-state index in [1.54, 1.807) is 14.2 Å². The molecule has 4 unspecified atom stereocenters. The largest absolute Gasteiger partial charge is 0.493 e. The molecule has 196 valence electrons. The lowest BCUT2D eigenvalue weighted by Gasteiger charge is -2.41. The van der Waals surface area contributed by atoms with Crippen LogP contribution in [0.25, 0.3) is 0 Å². The van der Waals surface area contributed by atoms with Crippen LogP contribution in [0.4, 0.5) is 0 Å². The van der Waals surface area contributed by atoms with Crippen LogP contribution < -0.4 is 14.2 Å². The summed E-state index contributed by atoms with van der Waals surface area (Å²) in [5.41, 5.74) is 1.66. The highest BCUT2D eigenvalue weighted by Crippen LogP contribution is 2.35. The third-order valence-corrected chi connectivity index (χ3v) is 7.43. The van der Waals surface area contributed by atoms with Gasteiger partial charge in [-0.3, -0.25) is 9.80 Å². The summed E-state index contributed by atoms with van der Waals surface area (Å²) in [6.45, 7) is 3.46. The molecule has 0 aromatic heterocycles. The van der Waals surface area contributed by atoms with E-state index in [-0.39, 0.29) is 12.5 Å². The lowest BCUT2D eigenvalue weighted by atomic mass is 10.0. The van der Waals surface area contributed by atoms with Gasteiger partial charge in [-0.15, -0.1) is 0 Å². The van der Waals surface area contributed by atoms with E-state index in [0.717, 1.165) is 38.0 Å². The van der Waals surface area contributed by atoms with Crippen LogP contribution in [0.1, 0.15) is 49.3 Å². The molecule has 0 amide bonds. The smallest absolute Gasteiger partial charge is 0.164 e. The molecular weight excluding hydrogens is 468 g/mol. The van der Waals surface area contributed by atoms with Gasteiger partial charge in [0.05, 0.1) is 44.4 Å². The summed E-state index contributed by atoms with van der Waals surface area (Å²) >= 11 is 0. The van der Waals surface area contributed by atoms with Crippen LogP contribution >= 0.6 is 0 Å². The molecule has 4 rings (SSSR count). The van der Waals surface area contributed by atoms with E-state index in [1.165, 1.54) is 12.8 Å². The van der Waals surface area contributed by atoms with Gasteiger partial charge in [-0.2, -0.15) is 10.5 Å². The lowest BCUT2D eigenvalue weighted by molar-refractivity contribution is 0.0333. The van der Waals surface area contributed by atoms with Gasteiger partial charge < -0.3 is 19.3 Å². The Morgan fingerprint density at radius 1 is 1.00 bits per heavy atom. The number of piperazine rings is 1. The van der Waals surface area contributed by atoms with Crippen molar-refractivity contribution in [3.05, 3.63) is 53.6 Å². The second-order valence-electron chi connectivity index (χ2n) is 9.86. The number of aliphatic hydroxyl groups is 1. The summed E-state index contributed by atoms with van der Waals surface area (Å²) in [6.07, 6.45) is 3.62. The average Bonchev–Trinajstić information content (AvgIpc) is 3.15. The summed E-state index contributed by atoms with van der Waals surface area (Å²) in [7, 11) is 3.22. The lowest BCUT2D eigenvalue weighted by Crippen LogP contribution is -2.55. The molecule has 2 aliphatic heterocycles. The fourth-order valence-corrected chi connectivity index (χ4v) is 5.64. The molecule has 2 heterocycles. The number of rotatable bonds is 12. The first-order valence-corrected chi connectivity index (χ1v) is 13.0. The summed E-state index contributed by atoms with van der Waals surface area (Å²) < 4.78 is 17.3. The van der Waals surface area contributed by atoms with Crippen LogP contribution in [0.5, 0.6) is 17.2 Å². The Morgan fingerprint density at radius 3 is 2.32 bits per heavy atom. The summed E-state index contributed by atoms with van der Waals surface area (Å²) in [5, 5.41) is 28.1. The van der Waals surface area contributed by atoms with Gasteiger partial charge in [0.25, 0.3) is 0 Å². The zero-order chi connectivity index (χ0) is 26.2. The zero-order valence-corrected chi connectivity index (χ0v) is 21.7. The van der Waals surface area contributed by atoms with Gasteiger partial charge in [-0.05, 0) is 62.1 Å². The SMILES string of the molecule is COc1ccc(OC(CCCN2C3CCC2CN(CC(O)CC#N)C3)c2ccc(C#N)cc2)cc1OC. The van der Waals surface area contributed by atoms with Gasteiger partial charge >= 0.3 is 0 Å². The molecule has 0 aliphatic carbocycles. The molecule has 0 saturated carbocycles. The molecule has 2 aromatic carbocycles. The Bertz CT molecular complexity index is 1100. The molecule has 4 atom stereocenters. The molecule has 37 heavy (non-hydrogen) atoms. The Morgan fingerprint density at radius 2 is 1.70 bits per heavy atom. The molecule has 0 spiro atoms. The van der Waals surface area contributed by atoms with Gasteiger partial charge in [0.2, 0.25) is 0 Å². The molecule has 2 bridgehead atoms. The first kappa shape index (κ1) is 26.8. The second-order valence-corrected chi connectivity index (χ2v) is 9.86. The van der Waals surface area contributed by atoms with Crippen molar-refractivity contribution in [2.24, 2.45) is 0 Å². The molecular formula is C29H36N4O4. The van der Waals surface area contributed by atoms with E-state index in [0.29, 0.717) is 41.4 Å². The second kappa shape index (κ2) is 12.8. The summed E-state index contributed by atoms with van der Waals surface area (Å²) in [5.74, 6) is 1.98. The molecule has 1 N–H and O–H groups in total. The molecule has 8 nitrogen and oxygen atoms in total. The number of methoxy groups -OCH3 is 2. The van der Waals surface area contributed by atoms with Crippen LogP contribution in [0.2, 0.25) is 0 Å². The van der Waals surface area contributed by atoms with Crippen molar-refractivity contribution >= 4 is 0 Å². The minimum Gasteiger partial charge on any atom is -0.493 e. The van der Waals surface area contributed by atoms with Crippen LogP contribution in [-0.2, 0) is 0 Å². The van der Waals surface area contributed by atoms with Crippen molar-refractivity contribution < 1.29 is 19.3 Å². The van der Waals surface area contributed by atoms with Crippen LogP contribution in [-0.4, -0.2) is 73.5 Å². The van der Waals surface area contributed by atoms with Crippen molar-refractivity contribution in [1.82, 2.24) is 9.80 Å². The molecule has 2 saturated heterocycles. The highest BCUT2D eigenvalue weighted by Gasteiger charge is 2.39. The van der Waals surface area contributed by atoms with Crippen molar-refractivity contribution in [3.63, 3.8) is 0 Å². The average molecular weight is 505 g/mol. The minimum atomic E-state index is -0.571. The maximum atomic E-state index is 10.1. The number of ether oxygens (including phenoxy) is 3. The van der Waals surface area contributed by atoms with Gasteiger partial charge in [0, 0.05) is 37.8 Å². The Balaban J connectivity index is 1.40. The first-order valence-electron chi connectivity index (χ1n) is 13.0. The standard InChI is InChI=1S/C29H36N4O4/c1-35-28-12-11-26(16-29(28)36-2)37-27(22-7-5-21(17-31)6-8-22)4-3-15-33-23-9-10-24(33)19-32(18-23)20-25(34)13-14-30/h5-8,11-12,16,23-25,27,34H,3-4,9-10,13,15,18-20H2,1-2H3. The highest BCUT2D eigenvalue weighted by molar-refractivity contribution is 5.45. The summed E-state index contributed by atoms with van der Waals surface area (Å²) in [4.78, 5) is 4.94. The van der Waals surface area contributed by atoms with Crippen molar-refractivity contribution in [2.45, 2.75) is 56.4 Å². The molecule has 2 fully saturated rings.